The quantitative estimate of drug-likeness (QED) is 0.472. The Balaban J connectivity index is 2.65. The summed E-state index contributed by atoms with van der Waals surface area (Å²) in [6.45, 7) is 0. The Morgan fingerprint density at radius 3 is 2.92 bits per heavy atom. The largest absolute Gasteiger partial charge is 0.406 e. The zero-order valence-corrected chi connectivity index (χ0v) is 6.97. The van der Waals surface area contributed by atoms with Crippen LogP contribution in [0.1, 0.15) is 0 Å². The predicted molar refractivity (Wildman–Crippen MR) is 49.4 cm³/mol. The molecule has 0 aliphatic heterocycles. The zero-order chi connectivity index (χ0) is 8.67. The molecule has 0 unspecified atom stereocenters. The molecule has 0 radical (unpaired) electrons. The van der Waals surface area contributed by atoms with E-state index in [4.69, 9.17) is 4.42 Å². The van der Waals surface area contributed by atoms with Gasteiger partial charge < -0.3 is 4.42 Å². The second-order valence-corrected chi connectivity index (χ2v) is 3.00. The van der Waals surface area contributed by atoms with Crippen molar-refractivity contribution in [1.82, 2.24) is 0 Å². The molecular formula is C11H8NO+. The van der Waals surface area contributed by atoms with Gasteiger partial charge in [-0.1, -0.05) is 12.1 Å². The van der Waals surface area contributed by atoms with Gasteiger partial charge in [-0.25, -0.2) is 0 Å². The lowest BCUT2D eigenvalue weighted by atomic mass is 10.2. The average molecular weight is 170 g/mol. The minimum atomic E-state index is 0.874. The molecule has 0 saturated carbocycles. The van der Waals surface area contributed by atoms with Crippen molar-refractivity contribution in [3.05, 3.63) is 48.9 Å². The summed E-state index contributed by atoms with van der Waals surface area (Å²) in [4.78, 5) is 0. The van der Waals surface area contributed by atoms with E-state index in [1.54, 1.807) is 6.26 Å². The Labute approximate surface area is 75.0 Å². The van der Waals surface area contributed by atoms with E-state index in [1.807, 2.05) is 28.8 Å². The van der Waals surface area contributed by atoms with Gasteiger partial charge in [0.05, 0.1) is 6.07 Å². The van der Waals surface area contributed by atoms with E-state index >= 15 is 0 Å². The van der Waals surface area contributed by atoms with Gasteiger partial charge in [-0.2, -0.15) is 0 Å². The van der Waals surface area contributed by atoms with Gasteiger partial charge in [0.1, 0.15) is 0 Å². The Hall–Kier alpha value is -1.83. The molecule has 0 aliphatic rings. The summed E-state index contributed by atoms with van der Waals surface area (Å²) < 4.78 is 7.33. The van der Waals surface area contributed by atoms with Crippen LogP contribution < -0.4 is 4.40 Å². The molecule has 0 fully saturated rings. The van der Waals surface area contributed by atoms with Crippen LogP contribution in [0.3, 0.4) is 0 Å². The monoisotopic (exact) mass is 170 g/mol. The molecule has 13 heavy (non-hydrogen) atoms. The topological polar surface area (TPSA) is 17.2 Å². The molecule has 0 spiro atoms. The summed E-state index contributed by atoms with van der Waals surface area (Å²) in [6.07, 6.45) is 3.62. The lowest BCUT2D eigenvalue weighted by molar-refractivity contribution is -0.483. The summed E-state index contributed by atoms with van der Waals surface area (Å²) in [7, 11) is 0. The number of rotatable bonds is 0. The van der Waals surface area contributed by atoms with Crippen molar-refractivity contribution in [3.8, 4) is 0 Å². The molecule has 0 aliphatic carbocycles. The van der Waals surface area contributed by atoms with Gasteiger partial charge in [-0.3, -0.25) is 0 Å². The van der Waals surface area contributed by atoms with Gasteiger partial charge >= 0.3 is 5.71 Å². The van der Waals surface area contributed by atoms with E-state index in [0.29, 0.717) is 0 Å². The van der Waals surface area contributed by atoms with Crippen LogP contribution in [0.2, 0.25) is 0 Å². The maximum absolute atomic E-state index is 5.29. The van der Waals surface area contributed by atoms with Crippen molar-refractivity contribution in [1.29, 1.82) is 0 Å². The van der Waals surface area contributed by atoms with Gasteiger partial charge in [0.25, 0.3) is 0 Å². The number of hydrogen-bond acceptors (Lipinski definition) is 1. The first-order valence-electron chi connectivity index (χ1n) is 4.22. The summed E-state index contributed by atoms with van der Waals surface area (Å²) >= 11 is 0. The number of hydrogen-bond donors (Lipinski definition) is 0. The number of nitrogens with zero attached hydrogens (tertiary/aromatic N) is 1. The molecular weight excluding hydrogens is 162 g/mol. The summed E-state index contributed by atoms with van der Waals surface area (Å²) in [6, 6.07) is 12.3. The maximum atomic E-state index is 5.29. The molecule has 2 heteroatoms. The molecule has 3 rings (SSSR count). The highest BCUT2D eigenvalue weighted by Crippen LogP contribution is 2.10. The first kappa shape index (κ1) is 6.66. The third kappa shape index (κ3) is 0.855. The highest BCUT2D eigenvalue weighted by Gasteiger charge is 2.09. The van der Waals surface area contributed by atoms with Crippen LogP contribution in [0.25, 0.3) is 16.6 Å². The number of oxazole rings is 1. The molecule has 0 saturated heterocycles. The van der Waals surface area contributed by atoms with Crippen molar-refractivity contribution in [2.45, 2.75) is 0 Å². The molecule has 62 valence electrons. The number of para-hydroxylation sites is 1. The summed E-state index contributed by atoms with van der Waals surface area (Å²) in [5.74, 6) is 0. The molecule has 1 aromatic carbocycles. The predicted octanol–water partition coefficient (Wildman–Crippen LogP) is 2.17. The van der Waals surface area contributed by atoms with Crippen LogP contribution in [0.5, 0.6) is 0 Å². The zero-order valence-electron chi connectivity index (χ0n) is 6.97. The van der Waals surface area contributed by atoms with Crippen LogP contribution in [0.4, 0.5) is 0 Å². The van der Waals surface area contributed by atoms with Gasteiger partial charge in [0, 0.05) is 11.5 Å². The van der Waals surface area contributed by atoms with Crippen LogP contribution in [-0.2, 0) is 0 Å². The van der Waals surface area contributed by atoms with Crippen molar-refractivity contribution in [2.75, 3.05) is 0 Å². The van der Waals surface area contributed by atoms with Crippen molar-refractivity contribution < 1.29 is 8.82 Å². The fraction of sp³-hybridized carbons (Fsp3) is 0. The SMILES string of the molecule is c1ccc2c(c1)ccc1occ[n+]12. The fourth-order valence-electron chi connectivity index (χ4n) is 1.62. The van der Waals surface area contributed by atoms with Crippen molar-refractivity contribution in [2.24, 2.45) is 0 Å². The Kier molecular flexibility index (Phi) is 1.19. The highest BCUT2D eigenvalue weighted by atomic mass is 16.3. The first-order chi connectivity index (χ1) is 6.45. The summed E-state index contributed by atoms with van der Waals surface area (Å²) in [5.41, 5.74) is 2.05. The molecule has 0 N–H and O–H groups in total. The Bertz CT molecular complexity index is 568. The molecule has 2 aromatic heterocycles. The highest BCUT2D eigenvalue weighted by molar-refractivity contribution is 5.76. The number of aromatic nitrogens is 1. The van der Waals surface area contributed by atoms with E-state index < -0.39 is 0 Å². The minimum Gasteiger partial charge on any atom is -0.406 e. The first-order valence-corrected chi connectivity index (χ1v) is 4.22. The van der Waals surface area contributed by atoms with Gasteiger partial charge in [0.2, 0.25) is 11.7 Å². The van der Waals surface area contributed by atoms with Gasteiger partial charge in [-0.15, -0.1) is 4.40 Å². The van der Waals surface area contributed by atoms with Crippen LogP contribution in [-0.4, -0.2) is 0 Å². The maximum Gasteiger partial charge on any atom is 0.378 e. The molecule has 2 heterocycles. The molecule has 0 bridgehead atoms. The second kappa shape index (κ2) is 2.33. The molecule has 0 amide bonds. The van der Waals surface area contributed by atoms with Gasteiger partial charge in [0.15, 0.2) is 6.26 Å². The van der Waals surface area contributed by atoms with E-state index in [2.05, 4.69) is 18.2 Å². The lowest BCUT2D eigenvalue weighted by Crippen LogP contribution is -2.18. The second-order valence-electron chi connectivity index (χ2n) is 3.00. The van der Waals surface area contributed by atoms with Crippen LogP contribution in [0, 0.1) is 0 Å². The Morgan fingerprint density at radius 2 is 1.92 bits per heavy atom. The fourth-order valence-corrected chi connectivity index (χ4v) is 1.62. The number of benzene rings is 1. The number of pyridine rings is 1. The third-order valence-corrected chi connectivity index (χ3v) is 2.24. The lowest BCUT2D eigenvalue weighted by Gasteiger charge is -1.89. The number of fused-ring (bicyclic) bond motifs is 3. The Morgan fingerprint density at radius 1 is 1.00 bits per heavy atom. The van der Waals surface area contributed by atoms with Gasteiger partial charge in [-0.05, 0) is 12.1 Å². The van der Waals surface area contributed by atoms with E-state index in [9.17, 15) is 0 Å². The van der Waals surface area contributed by atoms with Crippen LogP contribution in [0.15, 0.2) is 53.3 Å². The minimum absolute atomic E-state index is 0.874. The normalized spacial score (nSPS) is 11.1. The smallest absolute Gasteiger partial charge is 0.378 e. The third-order valence-electron chi connectivity index (χ3n) is 2.24. The molecule has 0 atom stereocenters. The molecule has 2 nitrogen and oxygen atoms in total. The average Bonchev–Trinajstić information content (AvgIpc) is 2.65. The standard InChI is InChI=1S/C11H8NO/c1-2-4-10-9(3-1)5-6-11-12(10)7-8-13-11/h1-8H/q+1. The van der Waals surface area contributed by atoms with Crippen LogP contribution >= 0.6 is 0 Å². The van der Waals surface area contributed by atoms with Crippen molar-refractivity contribution >= 4 is 16.6 Å². The summed E-state index contributed by atoms with van der Waals surface area (Å²) in [5, 5.41) is 1.22. The van der Waals surface area contributed by atoms with E-state index in [0.717, 1.165) is 5.71 Å². The van der Waals surface area contributed by atoms with E-state index in [1.165, 1.54) is 10.9 Å². The van der Waals surface area contributed by atoms with Crippen molar-refractivity contribution in [3.63, 3.8) is 0 Å². The molecule has 3 aromatic rings. The van der Waals surface area contributed by atoms with E-state index in [-0.39, 0.29) is 0 Å².